The molecule has 1 N–H and O–H groups in total. The average molecular weight is 151 g/mol. The summed E-state index contributed by atoms with van der Waals surface area (Å²) in [7, 11) is 0. The van der Waals surface area contributed by atoms with Crippen LogP contribution < -0.4 is 5.32 Å². The van der Waals surface area contributed by atoms with Crippen LogP contribution >= 0.6 is 0 Å². The van der Waals surface area contributed by atoms with Gasteiger partial charge in [0.25, 0.3) is 0 Å². The number of hydrogen-bond donors (Lipinski definition) is 1. The molecule has 11 heavy (non-hydrogen) atoms. The molecule has 0 aromatic heterocycles. The third kappa shape index (κ3) is 2.55. The molecule has 1 aliphatic heterocycles. The predicted molar refractivity (Wildman–Crippen MR) is 48.3 cm³/mol. The molecule has 1 saturated heterocycles. The van der Waals surface area contributed by atoms with E-state index in [1.807, 2.05) is 13.8 Å². The van der Waals surface area contributed by atoms with Crippen LogP contribution in [-0.2, 0) is 0 Å². The number of nitrogens with one attached hydrogen (secondary N) is 1. The van der Waals surface area contributed by atoms with Gasteiger partial charge in [0.05, 0.1) is 0 Å². The highest BCUT2D eigenvalue weighted by Gasteiger charge is 2.44. The third-order valence-electron chi connectivity index (χ3n) is 2.54. The summed E-state index contributed by atoms with van der Waals surface area (Å²) in [6.45, 7) is 6.23. The lowest BCUT2D eigenvalue weighted by Crippen LogP contribution is -2.08. The topological polar surface area (TPSA) is 12.0 Å². The van der Waals surface area contributed by atoms with E-state index in [-0.39, 0.29) is 0 Å². The first kappa shape index (κ1) is 8.62. The van der Waals surface area contributed by atoms with Gasteiger partial charge in [0.1, 0.15) is 0 Å². The van der Waals surface area contributed by atoms with Crippen LogP contribution in [0.25, 0.3) is 0 Å². The van der Waals surface area contributed by atoms with E-state index in [1.54, 1.807) is 0 Å². The SMILES string of the molecule is C1CC2(CC2)CN1.CC#CC. The summed E-state index contributed by atoms with van der Waals surface area (Å²) >= 11 is 0. The second-order valence-corrected chi connectivity index (χ2v) is 3.43. The fourth-order valence-corrected chi connectivity index (χ4v) is 1.40. The highest BCUT2D eigenvalue weighted by atomic mass is 14.9. The van der Waals surface area contributed by atoms with Crippen LogP contribution in [-0.4, -0.2) is 13.1 Å². The van der Waals surface area contributed by atoms with Gasteiger partial charge in [-0.1, -0.05) is 0 Å². The fraction of sp³-hybridized carbons (Fsp3) is 0.800. The highest BCUT2D eigenvalue weighted by molar-refractivity contribution is 4.98. The van der Waals surface area contributed by atoms with Crippen molar-refractivity contribution in [2.24, 2.45) is 5.41 Å². The van der Waals surface area contributed by atoms with Crippen molar-refractivity contribution in [3.05, 3.63) is 0 Å². The van der Waals surface area contributed by atoms with Crippen molar-refractivity contribution < 1.29 is 0 Å². The summed E-state index contributed by atoms with van der Waals surface area (Å²) < 4.78 is 0. The lowest BCUT2D eigenvalue weighted by atomic mass is 10.1. The van der Waals surface area contributed by atoms with Crippen LogP contribution in [0.2, 0.25) is 0 Å². The minimum atomic E-state index is 0.833. The summed E-state index contributed by atoms with van der Waals surface area (Å²) in [5.74, 6) is 5.36. The van der Waals surface area contributed by atoms with E-state index < -0.39 is 0 Å². The molecule has 2 rings (SSSR count). The fourth-order valence-electron chi connectivity index (χ4n) is 1.40. The van der Waals surface area contributed by atoms with Crippen LogP contribution in [0.3, 0.4) is 0 Å². The molecule has 0 aromatic rings. The molecule has 0 atom stereocenters. The standard InChI is InChI=1S/C6H11N.C4H6/c1-2-6(1)3-4-7-5-6;1-3-4-2/h7H,1-5H2;1-2H3. The molecule has 1 heterocycles. The maximum atomic E-state index is 3.38. The van der Waals surface area contributed by atoms with Gasteiger partial charge in [0.2, 0.25) is 0 Å². The summed E-state index contributed by atoms with van der Waals surface area (Å²) in [5, 5.41) is 3.38. The lowest BCUT2D eigenvalue weighted by molar-refractivity contribution is 0.574. The van der Waals surface area contributed by atoms with Gasteiger partial charge in [-0.3, -0.25) is 0 Å². The van der Waals surface area contributed by atoms with Gasteiger partial charge >= 0.3 is 0 Å². The van der Waals surface area contributed by atoms with Crippen molar-refractivity contribution in [1.82, 2.24) is 5.32 Å². The molecule has 0 radical (unpaired) electrons. The molecule has 1 spiro atoms. The molecule has 2 aliphatic rings. The van der Waals surface area contributed by atoms with E-state index in [1.165, 1.54) is 32.4 Å². The van der Waals surface area contributed by atoms with Gasteiger partial charge in [-0.05, 0) is 45.1 Å². The van der Waals surface area contributed by atoms with E-state index in [2.05, 4.69) is 17.2 Å². The third-order valence-corrected chi connectivity index (χ3v) is 2.54. The largest absolute Gasteiger partial charge is 0.316 e. The Kier molecular flexibility index (Phi) is 2.96. The van der Waals surface area contributed by atoms with E-state index >= 15 is 0 Å². The monoisotopic (exact) mass is 151 g/mol. The molecule has 1 nitrogen and oxygen atoms in total. The Morgan fingerprint density at radius 3 is 1.91 bits per heavy atom. The zero-order chi connectivity index (χ0) is 8.16. The maximum Gasteiger partial charge on any atom is 0.000829 e. The summed E-state index contributed by atoms with van der Waals surface area (Å²) in [6.07, 6.45) is 4.45. The smallest absolute Gasteiger partial charge is 0.000829 e. The summed E-state index contributed by atoms with van der Waals surface area (Å²) in [4.78, 5) is 0. The van der Waals surface area contributed by atoms with E-state index in [9.17, 15) is 0 Å². The van der Waals surface area contributed by atoms with Crippen LogP contribution in [0.15, 0.2) is 0 Å². The summed E-state index contributed by atoms with van der Waals surface area (Å²) in [5.41, 5.74) is 0.833. The first-order chi connectivity index (χ1) is 5.33. The van der Waals surface area contributed by atoms with E-state index in [0.717, 1.165) is 5.41 Å². The van der Waals surface area contributed by atoms with Crippen molar-refractivity contribution >= 4 is 0 Å². The Hall–Kier alpha value is -0.480. The van der Waals surface area contributed by atoms with Crippen LogP contribution in [0.5, 0.6) is 0 Å². The van der Waals surface area contributed by atoms with Crippen molar-refractivity contribution in [1.29, 1.82) is 0 Å². The normalized spacial score (nSPS) is 23.1. The highest BCUT2D eigenvalue weighted by Crippen LogP contribution is 2.49. The van der Waals surface area contributed by atoms with Gasteiger partial charge in [0, 0.05) is 6.54 Å². The Labute approximate surface area is 69.6 Å². The first-order valence-corrected chi connectivity index (χ1v) is 4.37. The molecule has 0 bridgehead atoms. The van der Waals surface area contributed by atoms with Crippen molar-refractivity contribution in [3.63, 3.8) is 0 Å². The molecule has 1 heteroatoms. The van der Waals surface area contributed by atoms with Crippen LogP contribution in [0.4, 0.5) is 0 Å². The zero-order valence-corrected chi connectivity index (χ0v) is 7.54. The molecule has 0 aromatic carbocycles. The molecule has 1 saturated carbocycles. The molecule has 62 valence electrons. The molecule has 0 amide bonds. The molecule has 0 unspecified atom stereocenters. The van der Waals surface area contributed by atoms with Gasteiger partial charge in [-0.2, -0.15) is 0 Å². The number of hydrogen-bond acceptors (Lipinski definition) is 1. The zero-order valence-electron chi connectivity index (χ0n) is 7.54. The quantitative estimate of drug-likeness (QED) is 0.520. The van der Waals surface area contributed by atoms with Crippen molar-refractivity contribution in [2.75, 3.05) is 13.1 Å². The molecular weight excluding hydrogens is 134 g/mol. The summed E-state index contributed by atoms with van der Waals surface area (Å²) in [6, 6.07) is 0. The van der Waals surface area contributed by atoms with Crippen molar-refractivity contribution in [2.45, 2.75) is 33.1 Å². The van der Waals surface area contributed by atoms with Crippen LogP contribution in [0.1, 0.15) is 33.1 Å². The molecule has 1 aliphatic carbocycles. The second-order valence-electron chi connectivity index (χ2n) is 3.43. The van der Waals surface area contributed by atoms with Gasteiger partial charge in [-0.15, -0.1) is 11.8 Å². The first-order valence-electron chi connectivity index (χ1n) is 4.37. The minimum absolute atomic E-state index is 0.833. The van der Waals surface area contributed by atoms with Crippen LogP contribution in [0, 0.1) is 17.3 Å². The lowest BCUT2D eigenvalue weighted by Gasteiger charge is -1.96. The molecule has 2 fully saturated rings. The second kappa shape index (κ2) is 3.78. The van der Waals surface area contributed by atoms with Gasteiger partial charge in [0.15, 0.2) is 0 Å². The Morgan fingerprint density at radius 1 is 1.09 bits per heavy atom. The average Bonchev–Trinajstić information content (AvgIpc) is 2.61. The minimum Gasteiger partial charge on any atom is -0.316 e. The maximum absolute atomic E-state index is 3.38. The van der Waals surface area contributed by atoms with E-state index in [0.29, 0.717) is 0 Å². The van der Waals surface area contributed by atoms with Gasteiger partial charge in [-0.25, -0.2) is 0 Å². The Balaban J connectivity index is 0.000000134. The number of rotatable bonds is 0. The van der Waals surface area contributed by atoms with Gasteiger partial charge < -0.3 is 5.32 Å². The van der Waals surface area contributed by atoms with Crippen molar-refractivity contribution in [3.8, 4) is 11.8 Å². The predicted octanol–water partition coefficient (Wildman–Crippen LogP) is 1.79. The Bertz CT molecular complexity index is 155. The Morgan fingerprint density at radius 2 is 1.73 bits per heavy atom. The van der Waals surface area contributed by atoms with E-state index in [4.69, 9.17) is 0 Å². The molecular formula is C10H17N.